The zero-order chi connectivity index (χ0) is 19.7. The fourth-order valence-electron chi connectivity index (χ4n) is 2.86. The molecule has 1 aromatic rings. The Labute approximate surface area is 155 Å². The van der Waals surface area contributed by atoms with E-state index in [0.717, 1.165) is 25.7 Å². The molecule has 3 N–H and O–H groups in total. The van der Waals surface area contributed by atoms with Gasteiger partial charge in [-0.15, -0.1) is 0 Å². The van der Waals surface area contributed by atoms with Crippen molar-refractivity contribution < 1.29 is 32.6 Å². The van der Waals surface area contributed by atoms with Gasteiger partial charge in [-0.05, 0) is 18.9 Å². The first-order valence-corrected chi connectivity index (χ1v) is 12.0. The highest BCUT2D eigenvalue weighted by molar-refractivity contribution is 7.60. The Morgan fingerprint density at radius 2 is 1.46 bits per heavy atom. The van der Waals surface area contributed by atoms with Gasteiger partial charge in [-0.1, -0.05) is 82.2 Å². The summed E-state index contributed by atoms with van der Waals surface area (Å²) in [5, 5.41) is 0. The summed E-state index contributed by atoms with van der Waals surface area (Å²) in [6.07, 6.45) is 7.96. The third kappa shape index (κ3) is 9.43. The van der Waals surface area contributed by atoms with Crippen LogP contribution in [0.5, 0.6) is 0 Å². The molecule has 0 saturated carbocycles. The Balaban J connectivity index is 2.75. The van der Waals surface area contributed by atoms with Crippen LogP contribution >= 0.6 is 15.6 Å². The van der Waals surface area contributed by atoms with Gasteiger partial charge < -0.3 is 14.7 Å². The van der Waals surface area contributed by atoms with Crippen LogP contribution in [0.25, 0.3) is 0 Å². The molecule has 2 atom stereocenters. The third-order valence-electron chi connectivity index (χ3n) is 4.17. The molecule has 1 rings (SSSR count). The van der Waals surface area contributed by atoms with Crippen molar-refractivity contribution in [3.63, 3.8) is 0 Å². The number of hydrogen-bond donors (Lipinski definition) is 3. The summed E-state index contributed by atoms with van der Waals surface area (Å²) in [4.78, 5) is 27.4. The molecule has 0 aromatic heterocycles. The van der Waals surface area contributed by atoms with E-state index < -0.39 is 21.2 Å². The van der Waals surface area contributed by atoms with Crippen molar-refractivity contribution in [1.82, 2.24) is 0 Å². The van der Waals surface area contributed by atoms with Crippen LogP contribution < -0.4 is 0 Å². The van der Waals surface area contributed by atoms with Crippen LogP contribution in [0, 0.1) is 0 Å². The number of phosphoric ester groups is 1. The summed E-state index contributed by atoms with van der Waals surface area (Å²) >= 11 is 0. The normalized spacial score (nSPS) is 16.8. The molecule has 7 nitrogen and oxygen atoms in total. The van der Waals surface area contributed by atoms with Gasteiger partial charge in [0.2, 0.25) is 0 Å². The molecule has 0 radical (unpaired) electrons. The van der Waals surface area contributed by atoms with E-state index in [9.17, 15) is 14.0 Å². The van der Waals surface area contributed by atoms with Gasteiger partial charge in [0.05, 0.1) is 0 Å². The molecule has 0 bridgehead atoms. The molecule has 1 aromatic carbocycles. The van der Waals surface area contributed by atoms with Crippen LogP contribution in [-0.4, -0.2) is 14.7 Å². The maximum Gasteiger partial charge on any atom is 0.481 e. The molecule has 0 spiro atoms. The average Bonchev–Trinajstić information content (AvgIpc) is 2.52. The minimum atomic E-state index is -5.15. The van der Waals surface area contributed by atoms with Crippen molar-refractivity contribution in [2.75, 3.05) is 0 Å². The quantitative estimate of drug-likeness (QED) is 0.301. The molecule has 2 unspecified atom stereocenters. The first kappa shape index (κ1) is 23.5. The first-order valence-electron chi connectivity index (χ1n) is 8.94. The molecule has 0 heterocycles. The van der Waals surface area contributed by atoms with Crippen molar-refractivity contribution in [3.8, 4) is 0 Å². The van der Waals surface area contributed by atoms with E-state index in [-0.39, 0.29) is 0 Å². The molecular formula is C17H30O7P2. The lowest BCUT2D eigenvalue weighted by molar-refractivity contribution is 0.0362. The maximum absolute atomic E-state index is 12.0. The number of unbranched alkanes of at least 4 members (excludes halogenated alkanes) is 6. The van der Waals surface area contributed by atoms with Crippen LogP contribution in [0.1, 0.15) is 70.8 Å². The standard InChI is InChI=1S/C17H30O7P2/c1-3-4-5-6-7-8-12-15-17(2,16-13-10-9-11-14-16)23-26(21,22)24-25(18,19)20/h9-11,13-14H,3-8,12,15H2,1-2H3,(H,21,22)(H2,18,19,20). The Morgan fingerprint density at radius 1 is 0.923 bits per heavy atom. The van der Waals surface area contributed by atoms with Gasteiger partial charge in [-0.3, -0.25) is 4.52 Å². The second-order valence-electron chi connectivity index (χ2n) is 6.60. The zero-order valence-corrected chi connectivity index (χ0v) is 17.2. The highest BCUT2D eigenvalue weighted by Gasteiger charge is 2.41. The number of phosphoric acid groups is 2. The summed E-state index contributed by atoms with van der Waals surface area (Å²) in [6.45, 7) is 3.79. The monoisotopic (exact) mass is 408 g/mol. The number of hydrogen-bond acceptors (Lipinski definition) is 4. The third-order valence-corrected chi connectivity index (χ3v) is 6.48. The zero-order valence-electron chi connectivity index (χ0n) is 15.4. The summed E-state index contributed by atoms with van der Waals surface area (Å²) in [7, 11) is -10.1. The van der Waals surface area contributed by atoms with E-state index in [2.05, 4.69) is 11.2 Å². The lowest BCUT2D eigenvalue weighted by Crippen LogP contribution is -2.25. The van der Waals surface area contributed by atoms with Crippen molar-refractivity contribution in [2.24, 2.45) is 0 Å². The fraction of sp³-hybridized carbons (Fsp3) is 0.647. The molecule has 26 heavy (non-hydrogen) atoms. The molecule has 0 fully saturated rings. The van der Waals surface area contributed by atoms with Crippen molar-refractivity contribution in [3.05, 3.63) is 35.9 Å². The second-order valence-corrected chi connectivity index (χ2v) is 9.35. The molecule has 0 amide bonds. The molecule has 150 valence electrons. The SMILES string of the molecule is CCCCCCCCCC(C)(OP(=O)(O)OP(=O)(O)O)c1ccccc1. The summed E-state index contributed by atoms with van der Waals surface area (Å²) in [5.74, 6) is 0. The van der Waals surface area contributed by atoms with Crippen molar-refractivity contribution in [1.29, 1.82) is 0 Å². The van der Waals surface area contributed by atoms with E-state index in [1.54, 1.807) is 31.2 Å². The van der Waals surface area contributed by atoms with Crippen LogP contribution in [0.2, 0.25) is 0 Å². The van der Waals surface area contributed by atoms with Gasteiger partial charge in [-0.2, -0.15) is 4.31 Å². The number of rotatable bonds is 13. The average molecular weight is 408 g/mol. The van der Waals surface area contributed by atoms with Gasteiger partial charge in [0.1, 0.15) is 5.60 Å². The van der Waals surface area contributed by atoms with E-state index >= 15 is 0 Å². The molecule has 0 saturated heterocycles. The molecular weight excluding hydrogens is 378 g/mol. The largest absolute Gasteiger partial charge is 0.481 e. The van der Waals surface area contributed by atoms with Crippen molar-refractivity contribution >= 4 is 15.6 Å². The predicted molar refractivity (Wildman–Crippen MR) is 100 cm³/mol. The second kappa shape index (κ2) is 10.7. The Bertz CT molecular complexity index is 617. The first-order chi connectivity index (χ1) is 12.1. The minimum absolute atomic E-state index is 0.430. The van der Waals surface area contributed by atoms with Crippen LogP contribution in [-0.2, 0) is 23.6 Å². The van der Waals surface area contributed by atoms with Gasteiger partial charge in [0.25, 0.3) is 0 Å². The van der Waals surface area contributed by atoms with Crippen LogP contribution in [0.4, 0.5) is 0 Å². The Kier molecular flexibility index (Phi) is 9.70. The van der Waals surface area contributed by atoms with Crippen molar-refractivity contribution in [2.45, 2.75) is 70.8 Å². The maximum atomic E-state index is 12.0. The van der Waals surface area contributed by atoms with E-state index in [1.165, 1.54) is 19.3 Å². The van der Waals surface area contributed by atoms with E-state index in [0.29, 0.717) is 12.0 Å². The smallest absolute Gasteiger partial charge is 0.302 e. The highest BCUT2D eigenvalue weighted by atomic mass is 31.3. The number of benzene rings is 1. The molecule has 9 heteroatoms. The highest BCUT2D eigenvalue weighted by Crippen LogP contribution is 2.61. The van der Waals surface area contributed by atoms with E-state index in [4.69, 9.17) is 14.3 Å². The van der Waals surface area contributed by atoms with Gasteiger partial charge >= 0.3 is 15.6 Å². The Hall–Kier alpha value is -0.520. The lowest BCUT2D eigenvalue weighted by Gasteiger charge is -2.31. The van der Waals surface area contributed by atoms with E-state index in [1.807, 2.05) is 6.07 Å². The summed E-state index contributed by atoms with van der Waals surface area (Å²) in [5.41, 5.74) is -0.543. The summed E-state index contributed by atoms with van der Waals surface area (Å²) in [6, 6.07) is 8.85. The molecule has 0 aliphatic heterocycles. The van der Waals surface area contributed by atoms with Gasteiger partial charge in [0.15, 0.2) is 0 Å². The fourth-order valence-corrected chi connectivity index (χ4v) is 4.77. The lowest BCUT2D eigenvalue weighted by atomic mass is 9.90. The van der Waals surface area contributed by atoms with Gasteiger partial charge in [-0.25, -0.2) is 9.13 Å². The molecule has 0 aliphatic rings. The van der Waals surface area contributed by atoms with Crippen LogP contribution in [0.15, 0.2) is 30.3 Å². The molecule has 0 aliphatic carbocycles. The van der Waals surface area contributed by atoms with Gasteiger partial charge in [0, 0.05) is 0 Å². The summed E-state index contributed by atoms with van der Waals surface area (Å²) < 4.78 is 32.2. The minimum Gasteiger partial charge on any atom is -0.302 e. The Morgan fingerprint density at radius 3 is 2.00 bits per heavy atom. The van der Waals surface area contributed by atoms with Crippen LogP contribution in [0.3, 0.4) is 0 Å². The topological polar surface area (TPSA) is 113 Å². The predicted octanol–water partition coefficient (Wildman–Crippen LogP) is 5.27.